The van der Waals surface area contributed by atoms with Gasteiger partial charge in [-0.05, 0) is 67.9 Å². The average Bonchev–Trinajstić information content (AvgIpc) is 3.48. The third kappa shape index (κ3) is 4.62. The van der Waals surface area contributed by atoms with Crippen molar-refractivity contribution >= 4 is 23.1 Å². The fraction of sp³-hybridized carbons (Fsp3) is 0.276. The van der Waals surface area contributed by atoms with E-state index in [9.17, 15) is 0 Å². The van der Waals surface area contributed by atoms with Crippen molar-refractivity contribution < 1.29 is 0 Å². The molecule has 0 radical (unpaired) electrons. The van der Waals surface area contributed by atoms with Crippen LogP contribution < -0.4 is 15.5 Å². The van der Waals surface area contributed by atoms with Crippen LogP contribution in [0.2, 0.25) is 0 Å². The van der Waals surface area contributed by atoms with Gasteiger partial charge in [-0.15, -0.1) is 0 Å². The average molecular weight is 478 g/mol. The van der Waals surface area contributed by atoms with Gasteiger partial charge in [0.25, 0.3) is 0 Å². The van der Waals surface area contributed by atoms with Gasteiger partial charge < -0.3 is 15.5 Å². The molecule has 2 aliphatic heterocycles. The smallest absolute Gasteiger partial charge is 0.227 e. The Labute approximate surface area is 212 Å². The molecule has 0 amide bonds. The minimum absolute atomic E-state index is 0.577. The first-order valence-corrected chi connectivity index (χ1v) is 12.5. The molecule has 7 heteroatoms. The number of pyridine rings is 1. The highest BCUT2D eigenvalue weighted by atomic mass is 15.3. The third-order valence-corrected chi connectivity index (χ3v) is 7.31. The minimum Gasteiger partial charge on any atom is -0.366 e. The van der Waals surface area contributed by atoms with E-state index in [-0.39, 0.29) is 0 Å². The van der Waals surface area contributed by atoms with Crippen LogP contribution in [0, 0.1) is 6.92 Å². The lowest BCUT2D eigenvalue weighted by Gasteiger charge is -2.34. The molecule has 2 atom stereocenters. The molecule has 2 aromatic carbocycles. The monoisotopic (exact) mass is 477 g/mol. The number of likely N-dealkylation sites (N-methyl/N-ethyl adjacent to an activating group) is 1. The van der Waals surface area contributed by atoms with Gasteiger partial charge in [0, 0.05) is 61.0 Å². The number of nitrogens with one attached hydrogen (secondary N) is 2. The summed E-state index contributed by atoms with van der Waals surface area (Å²) in [6, 6.07) is 24.1. The van der Waals surface area contributed by atoms with Crippen molar-refractivity contribution in [3.8, 4) is 11.3 Å². The number of rotatable bonds is 7. The van der Waals surface area contributed by atoms with Crippen molar-refractivity contribution in [1.82, 2.24) is 19.9 Å². The molecule has 0 spiro atoms. The van der Waals surface area contributed by atoms with Crippen LogP contribution in [-0.4, -0.2) is 52.1 Å². The van der Waals surface area contributed by atoms with Crippen molar-refractivity contribution in [2.45, 2.75) is 32.0 Å². The number of aromatic nitrogens is 3. The first kappa shape index (κ1) is 22.5. The maximum atomic E-state index is 4.73. The predicted molar refractivity (Wildman–Crippen MR) is 146 cm³/mol. The summed E-state index contributed by atoms with van der Waals surface area (Å²) in [5.74, 6) is 1.41. The van der Waals surface area contributed by atoms with Gasteiger partial charge in [-0.3, -0.25) is 4.90 Å². The first-order chi connectivity index (χ1) is 17.6. The maximum Gasteiger partial charge on any atom is 0.227 e. The van der Waals surface area contributed by atoms with Crippen molar-refractivity contribution in [3.63, 3.8) is 0 Å². The zero-order valence-corrected chi connectivity index (χ0v) is 20.7. The SMILES string of the molecule is Cc1cc(Nc2nccc(-c3ccc(NCc4ccccc4)nc3)n2)ccc1N1C[C@@H]2C[C@H]1CN2C. The topological polar surface area (TPSA) is 69.2 Å². The second-order valence-electron chi connectivity index (χ2n) is 9.80. The van der Waals surface area contributed by atoms with Gasteiger partial charge in [-0.1, -0.05) is 30.3 Å². The van der Waals surface area contributed by atoms with E-state index in [2.05, 4.69) is 74.7 Å². The summed E-state index contributed by atoms with van der Waals surface area (Å²) in [5, 5.41) is 6.74. The van der Waals surface area contributed by atoms with E-state index in [1.165, 1.54) is 23.2 Å². The second-order valence-corrected chi connectivity index (χ2v) is 9.80. The van der Waals surface area contributed by atoms with Crippen molar-refractivity contribution in [3.05, 3.63) is 90.3 Å². The number of hydrogen-bond acceptors (Lipinski definition) is 7. The lowest BCUT2D eigenvalue weighted by Crippen LogP contribution is -2.44. The Morgan fingerprint density at radius 3 is 2.56 bits per heavy atom. The summed E-state index contributed by atoms with van der Waals surface area (Å²) in [4.78, 5) is 18.8. The van der Waals surface area contributed by atoms with Crippen molar-refractivity contribution in [1.29, 1.82) is 0 Å². The molecule has 4 aromatic rings. The van der Waals surface area contributed by atoms with Gasteiger partial charge in [-0.25, -0.2) is 15.0 Å². The fourth-order valence-electron chi connectivity index (χ4n) is 5.36. The molecule has 6 rings (SSSR count). The van der Waals surface area contributed by atoms with Crippen LogP contribution in [0.15, 0.2) is 79.1 Å². The van der Waals surface area contributed by atoms with Gasteiger partial charge in [0.15, 0.2) is 0 Å². The molecule has 0 unspecified atom stereocenters. The van der Waals surface area contributed by atoms with Gasteiger partial charge >= 0.3 is 0 Å². The van der Waals surface area contributed by atoms with E-state index in [0.717, 1.165) is 42.4 Å². The summed E-state index contributed by atoms with van der Waals surface area (Å²) < 4.78 is 0. The molecule has 2 fully saturated rings. The highest BCUT2D eigenvalue weighted by Gasteiger charge is 2.41. The molecule has 2 aliphatic rings. The van der Waals surface area contributed by atoms with E-state index < -0.39 is 0 Å². The lowest BCUT2D eigenvalue weighted by atomic mass is 10.1. The standard InChI is InChI=1S/C29H31N7/c1-20-14-23(9-10-27(20)36-19-24-15-25(36)18-35(24)2)33-29-30-13-12-26(34-29)22-8-11-28(32-17-22)31-16-21-6-4-3-5-7-21/h3-14,17,24-25H,15-16,18-19H2,1-2H3,(H,31,32)(H,30,33,34)/t24-,25-/m0/s1. The molecule has 36 heavy (non-hydrogen) atoms. The summed E-state index contributed by atoms with van der Waals surface area (Å²) in [6.07, 6.45) is 4.90. The molecule has 7 nitrogen and oxygen atoms in total. The normalized spacial score (nSPS) is 19.0. The Morgan fingerprint density at radius 2 is 1.83 bits per heavy atom. The molecule has 2 N–H and O–H groups in total. The number of fused-ring (bicyclic) bond motifs is 2. The van der Waals surface area contributed by atoms with Gasteiger partial charge in [0.05, 0.1) is 5.69 Å². The molecular formula is C29H31N7. The number of hydrogen-bond donors (Lipinski definition) is 2. The second kappa shape index (κ2) is 9.59. The summed E-state index contributed by atoms with van der Waals surface area (Å²) in [5.41, 5.74) is 6.61. The highest BCUT2D eigenvalue weighted by molar-refractivity contribution is 5.66. The fourth-order valence-corrected chi connectivity index (χ4v) is 5.36. The van der Waals surface area contributed by atoms with Gasteiger partial charge in [0.1, 0.15) is 5.82 Å². The Bertz CT molecular complexity index is 1340. The van der Waals surface area contributed by atoms with Gasteiger partial charge in [-0.2, -0.15) is 0 Å². The van der Waals surface area contributed by atoms with E-state index in [0.29, 0.717) is 18.0 Å². The molecular weight excluding hydrogens is 446 g/mol. The van der Waals surface area contributed by atoms with Crippen LogP contribution in [0.5, 0.6) is 0 Å². The molecule has 2 saturated heterocycles. The molecule has 2 bridgehead atoms. The largest absolute Gasteiger partial charge is 0.366 e. The van der Waals surface area contributed by atoms with Gasteiger partial charge in [0.2, 0.25) is 5.95 Å². The summed E-state index contributed by atoms with van der Waals surface area (Å²) in [6.45, 7) is 5.20. The molecule has 4 heterocycles. The van der Waals surface area contributed by atoms with E-state index in [1.54, 1.807) is 6.20 Å². The maximum absolute atomic E-state index is 4.73. The summed E-state index contributed by atoms with van der Waals surface area (Å²) in [7, 11) is 2.24. The Hall–Kier alpha value is -3.97. The molecule has 182 valence electrons. The first-order valence-electron chi connectivity index (χ1n) is 12.5. The number of piperazine rings is 1. The number of nitrogens with zero attached hydrogens (tertiary/aromatic N) is 5. The quantitative estimate of drug-likeness (QED) is 0.384. The van der Waals surface area contributed by atoms with E-state index >= 15 is 0 Å². The number of aryl methyl sites for hydroxylation is 1. The number of anilines is 4. The molecule has 0 saturated carbocycles. The zero-order chi connectivity index (χ0) is 24.5. The van der Waals surface area contributed by atoms with Crippen molar-refractivity contribution in [2.75, 3.05) is 35.7 Å². The number of benzene rings is 2. The van der Waals surface area contributed by atoms with E-state index in [4.69, 9.17) is 4.98 Å². The Balaban J connectivity index is 1.12. The summed E-state index contributed by atoms with van der Waals surface area (Å²) >= 11 is 0. The molecule has 2 aromatic heterocycles. The predicted octanol–water partition coefficient (Wildman–Crippen LogP) is 5.10. The van der Waals surface area contributed by atoms with E-state index in [1.807, 2.05) is 42.6 Å². The zero-order valence-electron chi connectivity index (χ0n) is 20.7. The van der Waals surface area contributed by atoms with Crippen LogP contribution in [0.3, 0.4) is 0 Å². The van der Waals surface area contributed by atoms with Crippen LogP contribution >= 0.6 is 0 Å². The third-order valence-electron chi connectivity index (χ3n) is 7.31. The van der Waals surface area contributed by atoms with Crippen LogP contribution in [0.1, 0.15) is 17.5 Å². The van der Waals surface area contributed by atoms with Crippen LogP contribution in [0.25, 0.3) is 11.3 Å². The van der Waals surface area contributed by atoms with Crippen molar-refractivity contribution in [2.24, 2.45) is 0 Å². The number of likely N-dealkylation sites (tertiary alicyclic amines) is 1. The highest BCUT2D eigenvalue weighted by Crippen LogP contribution is 2.36. The van der Waals surface area contributed by atoms with Crippen LogP contribution in [-0.2, 0) is 6.54 Å². The van der Waals surface area contributed by atoms with Crippen LogP contribution in [0.4, 0.5) is 23.1 Å². The Morgan fingerprint density at radius 1 is 0.944 bits per heavy atom. The Kier molecular flexibility index (Phi) is 5.99. The minimum atomic E-state index is 0.577. The lowest BCUT2D eigenvalue weighted by molar-refractivity contribution is 0.292. The molecule has 0 aliphatic carbocycles.